The molecular weight excluding hydrogens is 235 g/mol. The number of carbonyl (C=O) groups is 1. The molecule has 1 aliphatic heterocycles. The standard InChI is InChI=1S/C13H17FN2O2/c1-8-5-12(15)11(14)6-10(8)9-3-2-4-16(7-9)13(17)18/h5-6,9H,2-4,7,15H2,1H3,(H,17,18). The average molecular weight is 252 g/mol. The Morgan fingerprint density at radius 2 is 2.28 bits per heavy atom. The van der Waals surface area contributed by atoms with Gasteiger partial charge in [-0.3, -0.25) is 0 Å². The zero-order chi connectivity index (χ0) is 13.3. The molecule has 1 atom stereocenters. The first-order valence-corrected chi connectivity index (χ1v) is 6.02. The summed E-state index contributed by atoms with van der Waals surface area (Å²) >= 11 is 0. The number of anilines is 1. The van der Waals surface area contributed by atoms with Crippen LogP contribution in [0, 0.1) is 12.7 Å². The van der Waals surface area contributed by atoms with E-state index in [0.717, 1.165) is 24.0 Å². The van der Waals surface area contributed by atoms with Gasteiger partial charge in [0.1, 0.15) is 5.82 Å². The first-order valence-electron chi connectivity index (χ1n) is 6.02. The molecule has 1 fully saturated rings. The van der Waals surface area contributed by atoms with Crippen LogP contribution in [-0.2, 0) is 0 Å². The second kappa shape index (κ2) is 4.84. The second-order valence-corrected chi connectivity index (χ2v) is 4.80. The van der Waals surface area contributed by atoms with Crippen LogP contribution in [0.4, 0.5) is 14.9 Å². The van der Waals surface area contributed by atoms with Gasteiger partial charge in [-0.25, -0.2) is 9.18 Å². The fourth-order valence-corrected chi connectivity index (χ4v) is 2.56. The Balaban J connectivity index is 2.26. The number of halogens is 1. The van der Waals surface area contributed by atoms with Gasteiger partial charge in [-0.2, -0.15) is 0 Å². The number of nitrogen functional groups attached to an aromatic ring is 1. The molecule has 1 aliphatic rings. The van der Waals surface area contributed by atoms with E-state index in [1.165, 1.54) is 11.0 Å². The Labute approximate surface area is 105 Å². The summed E-state index contributed by atoms with van der Waals surface area (Å²) in [6.07, 6.45) is 0.782. The summed E-state index contributed by atoms with van der Waals surface area (Å²) in [5, 5.41) is 9.00. The van der Waals surface area contributed by atoms with Crippen LogP contribution in [0.3, 0.4) is 0 Å². The fourth-order valence-electron chi connectivity index (χ4n) is 2.56. The highest BCUT2D eigenvalue weighted by Gasteiger charge is 2.25. The summed E-state index contributed by atoms with van der Waals surface area (Å²) in [5.74, 6) is -0.368. The van der Waals surface area contributed by atoms with E-state index in [4.69, 9.17) is 10.8 Å². The maximum absolute atomic E-state index is 13.5. The number of likely N-dealkylation sites (tertiary alicyclic amines) is 1. The van der Waals surface area contributed by atoms with Crippen molar-refractivity contribution in [1.82, 2.24) is 4.90 Å². The lowest BCUT2D eigenvalue weighted by Crippen LogP contribution is -2.38. The van der Waals surface area contributed by atoms with Crippen LogP contribution in [0.25, 0.3) is 0 Å². The lowest BCUT2D eigenvalue weighted by Gasteiger charge is -2.31. The molecule has 1 saturated heterocycles. The van der Waals surface area contributed by atoms with Crippen LogP contribution in [0.1, 0.15) is 29.9 Å². The molecule has 0 spiro atoms. The monoisotopic (exact) mass is 252 g/mol. The van der Waals surface area contributed by atoms with Crippen LogP contribution in [0.5, 0.6) is 0 Å². The molecule has 3 N–H and O–H groups in total. The van der Waals surface area contributed by atoms with E-state index in [9.17, 15) is 9.18 Å². The second-order valence-electron chi connectivity index (χ2n) is 4.80. The van der Waals surface area contributed by atoms with E-state index < -0.39 is 11.9 Å². The van der Waals surface area contributed by atoms with Crippen molar-refractivity contribution < 1.29 is 14.3 Å². The molecule has 1 aromatic rings. The van der Waals surface area contributed by atoms with Gasteiger partial charge in [0.25, 0.3) is 0 Å². The first-order chi connectivity index (χ1) is 8.49. The smallest absolute Gasteiger partial charge is 0.407 e. The molecule has 0 bridgehead atoms. The zero-order valence-corrected chi connectivity index (χ0v) is 10.3. The quantitative estimate of drug-likeness (QED) is 0.755. The summed E-state index contributed by atoms with van der Waals surface area (Å²) in [6.45, 7) is 2.87. The highest BCUT2D eigenvalue weighted by molar-refractivity contribution is 5.65. The van der Waals surface area contributed by atoms with Crippen molar-refractivity contribution in [1.29, 1.82) is 0 Å². The predicted molar refractivity (Wildman–Crippen MR) is 67.1 cm³/mol. The minimum absolute atomic E-state index is 0.0601. The topological polar surface area (TPSA) is 66.6 Å². The molecule has 18 heavy (non-hydrogen) atoms. The van der Waals surface area contributed by atoms with E-state index in [-0.39, 0.29) is 11.6 Å². The summed E-state index contributed by atoms with van der Waals surface area (Å²) in [7, 11) is 0. The molecule has 0 aromatic heterocycles. The number of benzene rings is 1. The third kappa shape index (κ3) is 2.39. The molecule has 1 unspecified atom stereocenters. The van der Waals surface area contributed by atoms with Crippen molar-refractivity contribution in [2.45, 2.75) is 25.7 Å². The van der Waals surface area contributed by atoms with Gasteiger partial charge in [0.05, 0.1) is 5.69 Å². The van der Waals surface area contributed by atoms with Crippen LogP contribution >= 0.6 is 0 Å². The third-order valence-electron chi connectivity index (χ3n) is 3.52. The van der Waals surface area contributed by atoms with E-state index in [2.05, 4.69) is 0 Å². The van der Waals surface area contributed by atoms with Gasteiger partial charge in [-0.1, -0.05) is 0 Å². The summed E-state index contributed by atoms with van der Waals surface area (Å²) in [6, 6.07) is 3.06. The summed E-state index contributed by atoms with van der Waals surface area (Å²) < 4.78 is 13.5. The maximum Gasteiger partial charge on any atom is 0.407 e. The van der Waals surface area contributed by atoms with Crippen molar-refractivity contribution in [3.63, 3.8) is 0 Å². The SMILES string of the molecule is Cc1cc(N)c(F)cc1C1CCCN(C(=O)O)C1. The van der Waals surface area contributed by atoms with Gasteiger partial charge in [0.2, 0.25) is 0 Å². The number of rotatable bonds is 1. The van der Waals surface area contributed by atoms with Crippen molar-refractivity contribution in [2.75, 3.05) is 18.8 Å². The van der Waals surface area contributed by atoms with E-state index in [0.29, 0.717) is 13.1 Å². The number of hydrogen-bond acceptors (Lipinski definition) is 2. The van der Waals surface area contributed by atoms with E-state index in [1.54, 1.807) is 6.07 Å². The van der Waals surface area contributed by atoms with Crippen LogP contribution in [0.2, 0.25) is 0 Å². The molecule has 0 saturated carbocycles. The van der Waals surface area contributed by atoms with Crippen molar-refractivity contribution in [3.05, 3.63) is 29.1 Å². The minimum atomic E-state index is -0.909. The summed E-state index contributed by atoms with van der Waals surface area (Å²) in [5.41, 5.74) is 7.45. The molecule has 5 heteroatoms. The largest absolute Gasteiger partial charge is 0.465 e. The highest BCUT2D eigenvalue weighted by Crippen LogP contribution is 2.31. The summed E-state index contributed by atoms with van der Waals surface area (Å²) in [4.78, 5) is 12.4. The van der Waals surface area contributed by atoms with Crippen molar-refractivity contribution >= 4 is 11.8 Å². The predicted octanol–water partition coefficient (Wildman–Crippen LogP) is 2.57. The number of aryl methyl sites for hydroxylation is 1. The van der Waals surface area contributed by atoms with Gasteiger partial charge >= 0.3 is 6.09 Å². The van der Waals surface area contributed by atoms with Crippen LogP contribution in [-0.4, -0.2) is 29.2 Å². The van der Waals surface area contributed by atoms with Crippen molar-refractivity contribution in [3.8, 4) is 0 Å². The Hall–Kier alpha value is -1.78. The number of amides is 1. The Bertz CT molecular complexity index is 476. The Morgan fingerprint density at radius 3 is 2.94 bits per heavy atom. The minimum Gasteiger partial charge on any atom is -0.465 e. The number of piperidine rings is 1. The molecule has 4 nitrogen and oxygen atoms in total. The molecule has 1 amide bonds. The highest BCUT2D eigenvalue weighted by atomic mass is 19.1. The van der Waals surface area contributed by atoms with E-state index in [1.807, 2.05) is 6.92 Å². The molecule has 0 aliphatic carbocycles. The fraction of sp³-hybridized carbons (Fsp3) is 0.462. The van der Waals surface area contributed by atoms with Crippen LogP contribution < -0.4 is 5.73 Å². The molecular formula is C13H17FN2O2. The third-order valence-corrected chi connectivity index (χ3v) is 3.52. The van der Waals surface area contributed by atoms with Gasteiger partial charge in [0, 0.05) is 19.0 Å². The molecule has 1 heterocycles. The van der Waals surface area contributed by atoms with Gasteiger partial charge in [0.15, 0.2) is 0 Å². The maximum atomic E-state index is 13.5. The zero-order valence-electron chi connectivity index (χ0n) is 10.3. The number of nitrogens with two attached hydrogens (primary N) is 1. The average Bonchev–Trinajstić information content (AvgIpc) is 2.34. The first kappa shape index (κ1) is 12.7. The number of hydrogen-bond donors (Lipinski definition) is 2. The van der Waals surface area contributed by atoms with E-state index >= 15 is 0 Å². The number of nitrogens with zero attached hydrogens (tertiary/aromatic N) is 1. The Morgan fingerprint density at radius 1 is 1.56 bits per heavy atom. The molecule has 1 aromatic carbocycles. The van der Waals surface area contributed by atoms with Gasteiger partial charge < -0.3 is 15.7 Å². The lowest BCUT2D eigenvalue weighted by atomic mass is 9.88. The molecule has 0 radical (unpaired) electrons. The van der Waals surface area contributed by atoms with Crippen molar-refractivity contribution in [2.24, 2.45) is 0 Å². The van der Waals surface area contributed by atoms with Crippen LogP contribution in [0.15, 0.2) is 12.1 Å². The lowest BCUT2D eigenvalue weighted by molar-refractivity contribution is 0.130. The molecule has 98 valence electrons. The Kier molecular flexibility index (Phi) is 3.41. The normalized spacial score (nSPS) is 19.9. The molecule has 2 rings (SSSR count). The van der Waals surface area contributed by atoms with Gasteiger partial charge in [-0.05, 0) is 43.0 Å². The number of carboxylic acid groups (broad SMARTS) is 1. The van der Waals surface area contributed by atoms with Gasteiger partial charge in [-0.15, -0.1) is 0 Å².